The Morgan fingerprint density at radius 3 is 2.28 bits per heavy atom. The molecule has 0 heterocycles. The van der Waals surface area contributed by atoms with Gasteiger partial charge in [0.25, 0.3) is 0 Å². The third-order valence-electron chi connectivity index (χ3n) is 3.82. The van der Waals surface area contributed by atoms with Gasteiger partial charge in [0.15, 0.2) is 0 Å². The van der Waals surface area contributed by atoms with Gasteiger partial charge in [0.05, 0.1) is 0 Å². The summed E-state index contributed by atoms with van der Waals surface area (Å²) in [5.74, 6) is -0.291. The van der Waals surface area contributed by atoms with Crippen molar-refractivity contribution in [2.45, 2.75) is 38.6 Å². The predicted molar refractivity (Wildman–Crippen MR) is 102 cm³/mol. The molecule has 2 aromatic carbocycles. The van der Waals surface area contributed by atoms with Gasteiger partial charge in [0, 0.05) is 29.6 Å². The zero-order chi connectivity index (χ0) is 18.1. The average Bonchev–Trinajstić information content (AvgIpc) is 2.61. The van der Waals surface area contributed by atoms with Gasteiger partial charge in [-0.3, -0.25) is 9.59 Å². The van der Waals surface area contributed by atoms with Crippen molar-refractivity contribution in [3.8, 4) is 0 Å². The molecule has 0 aliphatic carbocycles. The minimum atomic E-state index is -0.186. The molecule has 25 heavy (non-hydrogen) atoms. The van der Waals surface area contributed by atoms with Crippen molar-refractivity contribution in [3.05, 3.63) is 65.2 Å². The summed E-state index contributed by atoms with van der Waals surface area (Å²) in [4.78, 5) is 23.8. The van der Waals surface area contributed by atoms with Crippen molar-refractivity contribution in [2.24, 2.45) is 0 Å². The van der Waals surface area contributed by atoms with Crippen LogP contribution < -0.4 is 10.6 Å². The van der Waals surface area contributed by atoms with E-state index in [0.29, 0.717) is 10.7 Å². The Kier molecular flexibility index (Phi) is 7.48. The van der Waals surface area contributed by atoms with E-state index in [4.69, 9.17) is 11.6 Å². The molecule has 2 rings (SSSR count). The number of nitrogens with one attached hydrogen (secondary N) is 2. The van der Waals surface area contributed by atoms with E-state index in [-0.39, 0.29) is 30.7 Å². The van der Waals surface area contributed by atoms with Crippen LogP contribution in [0.2, 0.25) is 5.02 Å². The van der Waals surface area contributed by atoms with E-state index >= 15 is 0 Å². The molecular weight excluding hydrogens is 336 g/mol. The van der Waals surface area contributed by atoms with Gasteiger partial charge >= 0.3 is 0 Å². The van der Waals surface area contributed by atoms with E-state index in [0.717, 1.165) is 12.8 Å². The molecule has 132 valence electrons. The molecule has 0 saturated heterocycles. The number of hydrogen-bond acceptors (Lipinski definition) is 2. The van der Waals surface area contributed by atoms with E-state index in [2.05, 4.69) is 22.8 Å². The molecule has 0 saturated carbocycles. The fraction of sp³-hybridized carbons (Fsp3) is 0.300. The molecule has 0 unspecified atom stereocenters. The summed E-state index contributed by atoms with van der Waals surface area (Å²) in [6.45, 7) is 1.98. The molecule has 0 spiro atoms. The highest BCUT2D eigenvalue weighted by Crippen LogP contribution is 2.13. The number of carbonyl (C=O) groups excluding carboxylic acids is 2. The first-order valence-corrected chi connectivity index (χ1v) is 8.79. The fourth-order valence-corrected chi connectivity index (χ4v) is 2.56. The Hall–Kier alpha value is -2.33. The maximum atomic E-state index is 12.0. The highest BCUT2D eigenvalue weighted by Gasteiger charge is 2.10. The van der Waals surface area contributed by atoms with Crippen molar-refractivity contribution in [3.63, 3.8) is 0 Å². The predicted octanol–water partition coefficient (Wildman–Crippen LogP) is 4.20. The van der Waals surface area contributed by atoms with Crippen LogP contribution in [0, 0.1) is 0 Å². The smallest absolute Gasteiger partial charge is 0.224 e. The lowest BCUT2D eigenvalue weighted by Gasteiger charge is -2.14. The second-order valence-corrected chi connectivity index (χ2v) is 6.48. The van der Waals surface area contributed by atoms with Gasteiger partial charge in [-0.2, -0.15) is 0 Å². The van der Waals surface area contributed by atoms with Crippen LogP contribution in [0.3, 0.4) is 0 Å². The molecule has 0 aromatic heterocycles. The van der Waals surface area contributed by atoms with Gasteiger partial charge in [-0.25, -0.2) is 0 Å². The zero-order valence-corrected chi connectivity index (χ0v) is 15.1. The Morgan fingerprint density at radius 1 is 0.960 bits per heavy atom. The van der Waals surface area contributed by atoms with Crippen LogP contribution in [0.25, 0.3) is 0 Å². The molecule has 2 aromatic rings. The van der Waals surface area contributed by atoms with Crippen LogP contribution in [0.5, 0.6) is 0 Å². The summed E-state index contributed by atoms with van der Waals surface area (Å²) in [6.07, 6.45) is 2.11. The summed E-state index contributed by atoms with van der Waals surface area (Å²) in [7, 11) is 0. The normalized spacial score (nSPS) is 11.6. The minimum absolute atomic E-state index is 0.0760. The number of benzene rings is 2. The lowest BCUT2D eigenvalue weighted by atomic mass is 10.1. The number of amides is 2. The minimum Gasteiger partial charge on any atom is -0.354 e. The van der Waals surface area contributed by atoms with E-state index in [9.17, 15) is 9.59 Å². The number of hydrogen-bond donors (Lipinski definition) is 2. The summed E-state index contributed by atoms with van der Waals surface area (Å²) in [5, 5.41) is 6.30. The van der Waals surface area contributed by atoms with Gasteiger partial charge < -0.3 is 10.6 Å². The lowest BCUT2D eigenvalue weighted by molar-refractivity contribution is -0.124. The number of aryl methyl sites for hydroxylation is 1. The van der Waals surface area contributed by atoms with Crippen molar-refractivity contribution < 1.29 is 9.59 Å². The van der Waals surface area contributed by atoms with E-state index in [1.807, 2.05) is 25.1 Å². The molecule has 0 aliphatic rings. The van der Waals surface area contributed by atoms with Crippen LogP contribution in [0.1, 0.15) is 31.7 Å². The van der Waals surface area contributed by atoms with E-state index in [1.165, 1.54) is 5.56 Å². The van der Waals surface area contributed by atoms with Crippen LogP contribution in [0.4, 0.5) is 5.69 Å². The molecule has 2 N–H and O–H groups in total. The summed E-state index contributed by atoms with van der Waals surface area (Å²) in [5.41, 5.74) is 1.93. The highest BCUT2D eigenvalue weighted by molar-refractivity contribution is 6.30. The molecule has 0 fully saturated rings. The maximum absolute atomic E-state index is 12.0. The summed E-state index contributed by atoms with van der Waals surface area (Å²) < 4.78 is 0. The monoisotopic (exact) mass is 358 g/mol. The van der Waals surface area contributed by atoms with Gasteiger partial charge in [-0.15, -0.1) is 0 Å². The van der Waals surface area contributed by atoms with Gasteiger partial charge in [0.1, 0.15) is 0 Å². The summed E-state index contributed by atoms with van der Waals surface area (Å²) in [6, 6.07) is 17.1. The number of carbonyl (C=O) groups is 2. The van der Waals surface area contributed by atoms with E-state index in [1.54, 1.807) is 24.3 Å². The highest BCUT2D eigenvalue weighted by atomic mass is 35.5. The second kappa shape index (κ2) is 9.84. The van der Waals surface area contributed by atoms with Gasteiger partial charge in [0.2, 0.25) is 11.8 Å². The molecule has 0 bridgehead atoms. The Morgan fingerprint density at radius 2 is 1.60 bits per heavy atom. The van der Waals surface area contributed by atoms with Crippen molar-refractivity contribution in [1.29, 1.82) is 0 Å². The molecule has 5 heteroatoms. The molecule has 1 atom stereocenters. The van der Waals surface area contributed by atoms with Crippen molar-refractivity contribution >= 4 is 29.1 Å². The van der Waals surface area contributed by atoms with Gasteiger partial charge in [-0.05, 0) is 49.6 Å². The van der Waals surface area contributed by atoms with Crippen molar-refractivity contribution in [2.75, 3.05) is 5.32 Å². The Labute approximate surface area is 153 Å². The summed E-state index contributed by atoms with van der Waals surface area (Å²) >= 11 is 5.80. The Bertz CT molecular complexity index is 687. The van der Waals surface area contributed by atoms with Crippen LogP contribution >= 0.6 is 11.6 Å². The molecule has 0 radical (unpaired) electrons. The first-order chi connectivity index (χ1) is 12.0. The quantitative estimate of drug-likeness (QED) is 0.743. The number of halogens is 1. The zero-order valence-electron chi connectivity index (χ0n) is 14.3. The second-order valence-electron chi connectivity index (χ2n) is 6.05. The average molecular weight is 359 g/mol. The first kappa shape index (κ1) is 19.0. The Balaban J connectivity index is 1.65. The maximum Gasteiger partial charge on any atom is 0.224 e. The third kappa shape index (κ3) is 7.40. The topological polar surface area (TPSA) is 58.2 Å². The van der Waals surface area contributed by atoms with Crippen LogP contribution in [-0.2, 0) is 16.0 Å². The lowest BCUT2D eigenvalue weighted by Crippen LogP contribution is -2.33. The standard InChI is InChI=1S/C20H23ClN2O2/c1-15(7-8-16-5-3-2-4-6-16)22-19(24)13-14-20(25)23-18-11-9-17(21)10-12-18/h2-6,9-12,15H,7-8,13-14H2,1H3,(H,22,24)(H,23,25)/t15-/m1/s1. The number of anilines is 1. The fourth-order valence-electron chi connectivity index (χ4n) is 2.43. The first-order valence-electron chi connectivity index (χ1n) is 8.41. The van der Waals surface area contributed by atoms with Crippen molar-refractivity contribution in [1.82, 2.24) is 5.32 Å². The van der Waals surface area contributed by atoms with E-state index < -0.39 is 0 Å². The largest absolute Gasteiger partial charge is 0.354 e. The molecule has 4 nitrogen and oxygen atoms in total. The number of rotatable bonds is 8. The van der Waals surface area contributed by atoms with Gasteiger partial charge in [-0.1, -0.05) is 41.9 Å². The molecule has 2 amide bonds. The van der Waals surface area contributed by atoms with Crippen LogP contribution in [0.15, 0.2) is 54.6 Å². The van der Waals surface area contributed by atoms with Crippen LogP contribution in [-0.4, -0.2) is 17.9 Å². The third-order valence-corrected chi connectivity index (χ3v) is 4.08. The molecular formula is C20H23ClN2O2. The SMILES string of the molecule is C[C@H](CCc1ccccc1)NC(=O)CCC(=O)Nc1ccc(Cl)cc1. The molecule has 0 aliphatic heterocycles.